The van der Waals surface area contributed by atoms with E-state index in [0.717, 1.165) is 32.6 Å². The molecule has 1 aliphatic rings. The molecule has 1 aliphatic heterocycles. The summed E-state index contributed by atoms with van der Waals surface area (Å²) in [5.41, 5.74) is -2.16. The van der Waals surface area contributed by atoms with E-state index in [2.05, 4.69) is 24.5 Å². The van der Waals surface area contributed by atoms with Crippen LogP contribution in [0.15, 0.2) is 0 Å². The molecule has 0 bridgehead atoms. The lowest BCUT2D eigenvalue weighted by Gasteiger charge is -2.40. The number of hydrogen-bond donors (Lipinski definition) is 4. The number of aliphatic carboxylic acids is 1. The highest BCUT2D eigenvalue weighted by Gasteiger charge is 2.35. The third-order valence-corrected chi connectivity index (χ3v) is 4.17. The van der Waals surface area contributed by atoms with Crippen molar-refractivity contribution < 1.29 is 24.5 Å². The van der Waals surface area contributed by atoms with Gasteiger partial charge in [-0.3, -0.25) is 0 Å². The zero-order chi connectivity index (χ0) is 16.1. The first kappa shape index (κ1) is 17.7. The first-order valence-electron chi connectivity index (χ1n) is 7.39. The van der Waals surface area contributed by atoms with Crippen molar-refractivity contribution in [2.45, 2.75) is 63.7 Å². The van der Waals surface area contributed by atoms with Gasteiger partial charge >= 0.3 is 12.0 Å². The van der Waals surface area contributed by atoms with Gasteiger partial charge in [-0.25, -0.2) is 9.59 Å². The highest BCUT2D eigenvalue weighted by atomic mass is 16.5. The Hall–Kier alpha value is -1.34. The largest absolute Gasteiger partial charge is 0.479 e. The molecular formula is C14H26N2O5. The third kappa shape index (κ3) is 4.86. The van der Waals surface area contributed by atoms with E-state index in [1.54, 1.807) is 0 Å². The molecule has 7 heteroatoms. The molecular weight excluding hydrogens is 276 g/mol. The summed E-state index contributed by atoms with van der Waals surface area (Å²) < 4.78 is 5.83. The number of amides is 2. The van der Waals surface area contributed by atoms with E-state index in [9.17, 15) is 14.7 Å². The highest BCUT2D eigenvalue weighted by molar-refractivity contribution is 5.79. The zero-order valence-electron chi connectivity index (χ0n) is 12.9. The van der Waals surface area contributed by atoms with Crippen molar-refractivity contribution in [3.05, 3.63) is 0 Å². The molecule has 0 spiro atoms. The maximum absolute atomic E-state index is 11.8. The minimum absolute atomic E-state index is 0.00609. The van der Waals surface area contributed by atoms with Crippen LogP contribution >= 0.6 is 0 Å². The molecule has 0 radical (unpaired) electrons. The Balaban J connectivity index is 2.46. The number of aliphatic hydroxyl groups is 1. The van der Waals surface area contributed by atoms with Gasteiger partial charge in [-0.05, 0) is 32.6 Å². The van der Waals surface area contributed by atoms with E-state index in [-0.39, 0.29) is 18.2 Å². The quantitative estimate of drug-likeness (QED) is 0.582. The summed E-state index contributed by atoms with van der Waals surface area (Å²) in [7, 11) is 0. The Labute approximate surface area is 125 Å². The molecule has 0 aliphatic carbocycles. The zero-order valence-corrected chi connectivity index (χ0v) is 12.9. The van der Waals surface area contributed by atoms with Crippen LogP contribution in [0, 0.1) is 0 Å². The van der Waals surface area contributed by atoms with Gasteiger partial charge in [0.25, 0.3) is 0 Å². The molecule has 0 saturated carbocycles. The molecule has 122 valence electrons. The lowest BCUT2D eigenvalue weighted by Crippen LogP contribution is -2.53. The van der Waals surface area contributed by atoms with Crippen molar-refractivity contribution in [2.75, 3.05) is 13.2 Å². The normalized spacial score (nSPS) is 23.9. The van der Waals surface area contributed by atoms with E-state index >= 15 is 0 Å². The highest BCUT2D eigenvalue weighted by Crippen LogP contribution is 2.31. The third-order valence-electron chi connectivity index (χ3n) is 4.17. The van der Waals surface area contributed by atoms with E-state index in [0.29, 0.717) is 6.61 Å². The molecule has 4 N–H and O–H groups in total. The monoisotopic (exact) mass is 302 g/mol. The van der Waals surface area contributed by atoms with E-state index in [1.807, 2.05) is 0 Å². The average molecular weight is 302 g/mol. The second kappa shape index (κ2) is 7.09. The van der Waals surface area contributed by atoms with Crippen LogP contribution < -0.4 is 10.6 Å². The summed E-state index contributed by atoms with van der Waals surface area (Å²) in [4.78, 5) is 22.5. The topological polar surface area (TPSA) is 108 Å². The number of hydrogen-bond acceptors (Lipinski definition) is 4. The van der Waals surface area contributed by atoms with Gasteiger partial charge in [-0.15, -0.1) is 0 Å². The van der Waals surface area contributed by atoms with Crippen LogP contribution in [0.1, 0.15) is 46.5 Å². The Kier molecular flexibility index (Phi) is 5.98. The molecule has 0 aromatic carbocycles. The fourth-order valence-corrected chi connectivity index (χ4v) is 2.46. The number of carboxylic acid groups (broad SMARTS) is 1. The number of carbonyl (C=O) groups excluding carboxylic acids is 1. The minimum atomic E-state index is -1.97. The first-order valence-corrected chi connectivity index (χ1v) is 7.39. The van der Waals surface area contributed by atoms with Gasteiger partial charge in [0.1, 0.15) is 0 Å². The molecule has 2 amide bonds. The fraction of sp³-hybridized carbons (Fsp3) is 0.857. The van der Waals surface area contributed by atoms with Crippen LogP contribution in [0.4, 0.5) is 4.79 Å². The second-order valence-corrected chi connectivity index (χ2v) is 5.83. The number of nitrogens with one attached hydrogen (secondary N) is 2. The van der Waals surface area contributed by atoms with Crippen LogP contribution in [0.5, 0.6) is 0 Å². The van der Waals surface area contributed by atoms with Crippen molar-refractivity contribution in [1.82, 2.24) is 10.6 Å². The molecule has 1 heterocycles. The van der Waals surface area contributed by atoms with Gasteiger partial charge < -0.3 is 25.6 Å². The van der Waals surface area contributed by atoms with Crippen molar-refractivity contribution in [3.8, 4) is 0 Å². The van der Waals surface area contributed by atoms with Crippen molar-refractivity contribution >= 4 is 12.0 Å². The SMILES string of the molecule is CCC1(CC)CC(NC(=O)NCC(C)(O)C(=O)O)CCO1. The Morgan fingerprint density at radius 1 is 1.38 bits per heavy atom. The maximum Gasteiger partial charge on any atom is 0.337 e. The second-order valence-electron chi connectivity index (χ2n) is 5.83. The predicted molar refractivity (Wildman–Crippen MR) is 77.1 cm³/mol. The van der Waals surface area contributed by atoms with Gasteiger partial charge in [0.15, 0.2) is 5.60 Å². The van der Waals surface area contributed by atoms with Gasteiger partial charge in [-0.2, -0.15) is 0 Å². The molecule has 1 fully saturated rings. The summed E-state index contributed by atoms with van der Waals surface area (Å²) in [5.74, 6) is -1.37. The van der Waals surface area contributed by atoms with Gasteiger partial charge in [0.2, 0.25) is 0 Å². The first-order chi connectivity index (χ1) is 9.74. The Bertz CT molecular complexity index is 380. The molecule has 2 unspecified atom stereocenters. The molecule has 0 aromatic heterocycles. The van der Waals surface area contributed by atoms with E-state index < -0.39 is 17.6 Å². The Morgan fingerprint density at radius 2 is 2.00 bits per heavy atom. The van der Waals surface area contributed by atoms with Crippen molar-refractivity contribution in [1.29, 1.82) is 0 Å². The molecule has 1 saturated heterocycles. The number of ether oxygens (including phenoxy) is 1. The summed E-state index contributed by atoms with van der Waals surface area (Å²) in [6, 6.07) is -0.474. The minimum Gasteiger partial charge on any atom is -0.479 e. The average Bonchev–Trinajstić information content (AvgIpc) is 2.45. The predicted octanol–water partition coefficient (Wildman–Crippen LogP) is 0.859. The molecule has 2 atom stereocenters. The van der Waals surface area contributed by atoms with Crippen LogP contribution in [0.25, 0.3) is 0 Å². The van der Waals surface area contributed by atoms with E-state index in [1.165, 1.54) is 0 Å². The van der Waals surface area contributed by atoms with Gasteiger partial charge in [-0.1, -0.05) is 13.8 Å². The summed E-state index contributed by atoms with van der Waals surface area (Å²) in [5, 5.41) is 23.5. The van der Waals surface area contributed by atoms with Crippen molar-refractivity contribution in [2.24, 2.45) is 0 Å². The summed E-state index contributed by atoms with van der Waals surface area (Å²) >= 11 is 0. The lowest BCUT2D eigenvalue weighted by molar-refractivity contribution is -0.155. The molecule has 0 aromatic rings. The van der Waals surface area contributed by atoms with Crippen LogP contribution in [0.2, 0.25) is 0 Å². The molecule has 21 heavy (non-hydrogen) atoms. The summed E-state index contributed by atoms with van der Waals surface area (Å²) in [6.07, 6.45) is 3.24. The number of urea groups is 1. The summed E-state index contributed by atoms with van der Waals surface area (Å²) in [6.45, 7) is 5.53. The standard InChI is InChI=1S/C14H26N2O5/c1-4-14(5-2)8-10(6-7-21-14)16-12(19)15-9-13(3,20)11(17)18/h10,20H,4-9H2,1-3H3,(H,17,18)(H2,15,16,19). The fourth-order valence-electron chi connectivity index (χ4n) is 2.46. The maximum atomic E-state index is 11.8. The Morgan fingerprint density at radius 3 is 2.52 bits per heavy atom. The molecule has 1 rings (SSSR count). The number of rotatable bonds is 6. The number of carboxylic acids is 1. The smallest absolute Gasteiger partial charge is 0.337 e. The van der Waals surface area contributed by atoms with Crippen LogP contribution in [-0.4, -0.2) is 52.6 Å². The number of carbonyl (C=O) groups is 2. The van der Waals surface area contributed by atoms with Gasteiger partial charge in [0.05, 0.1) is 12.1 Å². The van der Waals surface area contributed by atoms with Crippen LogP contribution in [0.3, 0.4) is 0 Å². The van der Waals surface area contributed by atoms with Crippen LogP contribution in [-0.2, 0) is 9.53 Å². The van der Waals surface area contributed by atoms with E-state index in [4.69, 9.17) is 9.84 Å². The lowest BCUT2D eigenvalue weighted by atomic mass is 9.86. The van der Waals surface area contributed by atoms with Crippen molar-refractivity contribution in [3.63, 3.8) is 0 Å². The molecule has 7 nitrogen and oxygen atoms in total. The van der Waals surface area contributed by atoms with Gasteiger partial charge in [0, 0.05) is 12.6 Å².